The van der Waals surface area contributed by atoms with Gasteiger partial charge in [-0.15, -0.1) is 5.10 Å². The van der Waals surface area contributed by atoms with E-state index in [1.807, 2.05) is 0 Å². The maximum absolute atomic E-state index is 12.3. The first kappa shape index (κ1) is 13.7. The molecule has 0 atom stereocenters. The maximum atomic E-state index is 12.3. The van der Waals surface area contributed by atoms with Crippen LogP contribution in [0.5, 0.6) is 0 Å². The van der Waals surface area contributed by atoms with Crippen molar-refractivity contribution in [3.63, 3.8) is 0 Å². The van der Waals surface area contributed by atoms with Crippen LogP contribution in [0.3, 0.4) is 0 Å². The minimum atomic E-state index is -0.279. The minimum absolute atomic E-state index is 0.149. The van der Waals surface area contributed by atoms with Crippen LogP contribution < -0.4 is 5.32 Å². The van der Waals surface area contributed by atoms with Crippen molar-refractivity contribution in [2.45, 2.75) is 25.7 Å². The molecule has 2 aliphatic heterocycles. The Morgan fingerprint density at radius 2 is 1.86 bits per heavy atom. The fourth-order valence-electron chi connectivity index (χ4n) is 3.10. The summed E-state index contributed by atoms with van der Waals surface area (Å²) in [7, 11) is 0. The average molecular weight is 288 g/mol. The summed E-state index contributed by atoms with van der Waals surface area (Å²) in [5.41, 5.74) is 0.0457. The van der Waals surface area contributed by atoms with E-state index in [2.05, 4.69) is 15.5 Å². The molecule has 0 aliphatic carbocycles. The minimum Gasteiger partial charge on any atom is -0.337 e. The lowest BCUT2D eigenvalue weighted by Crippen LogP contribution is -2.51. The Kier molecular flexibility index (Phi) is 3.40. The number of carbonyl (C=O) groups is 3. The Morgan fingerprint density at radius 1 is 1.19 bits per heavy atom. The van der Waals surface area contributed by atoms with E-state index >= 15 is 0 Å². The summed E-state index contributed by atoms with van der Waals surface area (Å²) >= 11 is 0. The molecule has 0 unspecified atom stereocenters. The number of hydrogen-bond acceptors (Lipinski definition) is 5. The van der Waals surface area contributed by atoms with E-state index in [9.17, 15) is 14.4 Å². The molecular weight excluding hydrogens is 272 g/mol. The molecule has 3 amide bonds. The number of hydrogen-bond donors (Lipinski definition) is 1. The normalized spacial score (nSPS) is 21.2. The Labute approximate surface area is 121 Å². The molecule has 1 aromatic heterocycles. The molecule has 2 saturated heterocycles. The zero-order chi connectivity index (χ0) is 14.9. The monoisotopic (exact) mass is 288 g/mol. The van der Waals surface area contributed by atoms with Gasteiger partial charge in [0.1, 0.15) is 0 Å². The molecule has 0 radical (unpaired) electrons. The summed E-state index contributed by atoms with van der Waals surface area (Å²) < 4.78 is 0. The number of imide groups is 1. The molecule has 21 heavy (non-hydrogen) atoms. The second-order valence-electron chi connectivity index (χ2n) is 5.73. The van der Waals surface area contributed by atoms with E-state index in [0.29, 0.717) is 44.5 Å². The standard InChI is InChI=1S/C14H16N4O3/c19-11-8-14(9-12(20)16-11)3-6-18(7-4-14)13(21)10-2-1-5-15-17-10/h1-2,5H,3-4,6-9H2,(H,16,19,20). The van der Waals surface area contributed by atoms with Gasteiger partial charge in [0.25, 0.3) is 5.91 Å². The summed E-state index contributed by atoms with van der Waals surface area (Å²) in [6.45, 7) is 1.08. The Balaban J connectivity index is 1.66. The molecule has 7 nitrogen and oxygen atoms in total. The number of nitrogens with one attached hydrogen (secondary N) is 1. The van der Waals surface area contributed by atoms with Gasteiger partial charge in [0.15, 0.2) is 5.69 Å². The molecule has 110 valence electrons. The first-order valence-electron chi connectivity index (χ1n) is 6.98. The summed E-state index contributed by atoms with van der Waals surface area (Å²) in [5, 5.41) is 9.87. The summed E-state index contributed by atoms with van der Waals surface area (Å²) in [6.07, 6.45) is 3.59. The van der Waals surface area contributed by atoms with E-state index in [-0.39, 0.29) is 23.1 Å². The molecule has 2 aliphatic rings. The third-order valence-electron chi connectivity index (χ3n) is 4.25. The zero-order valence-corrected chi connectivity index (χ0v) is 11.5. The number of nitrogens with zero attached hydrogens (tertiary/aromatic N) is 3. The molecule has 1 N–H and O–H groups in total. The fourth-order valence-corrected chi connectivity index (χ4v) is 3.10. The number of carbonyl (C=O) groups excluding carboxylic acids is 3. The summed E-state index contributed by atoms with van der Waals surface area (Å²) in [6, 6.07) is 3.31. The van der Waals surface area contributed by atoms with Crippen LogP contribution in [0, 0.1) is 5.41 Å². The molecule has 1 spiro atoms. The molecule has 0 bridgehead atoms. The van der Waals surface area contributed by atoms with Crippen LogP contribution in [0.25, 0.3) is 0 Å². The quantitative estimate of drug-likeness (QED) is 0.742. The van der Waals surface area contributed by atoms with E-state index in [0.717, 1.165) is 0 Å². The molecule has 1 aromatic rings. The molecule has 3 heterocycles. The van der Waals surface area contributed by atoms with Crippen LogP contribution in [-0.4, -0.2) is 45.9 Å². The summed E-state index contributed by atoms with van der Waals surface area (Å²) in [5.74, 6) is -0.565. The number of amides is 3. The molecule has 7 heteroatoms. The van der Waals surface area contributed by atoms with E-state index in [4.69, 9.17) is 0 Å². The Hall–Kier alpha value is -2.31. The molecule has 2 fully saturated rings. The van der Waals surface area contributed by atoms with Crippen molar-refractivity contribution in [2.24, 2.45) is 5.41 Å². The van der Waals surface area contributed by atoms with Crippen LogP contribution in [0.4, 0.5) is 0 Å². The van der Waals surface area contributed by atoms with Crippen molar-refractivity contribution >= 4 is 17.7 Å². The van der Waals surface area contributed by atoms with Crippen molar-refractivity contribution in [3.8, 4) is 0 Å². The van der Waals surface area contributed by atoms with Gasteiger partial charge in [0.2, 0.25) is 11.8 Å². The highest BCUT2D eigenvalue weighted by molar-refractivity contribution is 5.98. The van der Waals surface area contributed by atoms with Gasteiger partial charge in [0, 0.05) is 32.1 Å². The lowest BCUT2D eigenvalue weighted by molar-refractivity contribution is -0.139. The van der Waals surface area contributed by atoms with Crippen LogP contribution >= 0.6 is 0 Å². The third kappa shape index (κ3) is 2.76. The van der Waals surface area contributed by atoms with Gasteiger partial charge in [-0.3, -0.25) is 19.7 Å². The third-order valence-corrected chi connectivity index (χ3v) is 4.25. The largest absolute Gasteiger partial charge is 0.337 e. The average Bonchev–Trinajstić information content (AvgIpc) is 2.47. The number of likely N-dealkylation sites (tertiary alicyclic amines) is 1. The van der Waals surface area contributed by atoms with E-state index < -0.39 is 0 Å². The van der Waals surface area contributed by atoms with Crippen molar-refractivity contribution in [1.29, 1.82) is 0 Å². The van der Waals surface area contributed by atoms with Crippen LogP contribution in [0.15, 0.2) is 18.3 Å². The fraction of sp³-hybridized carbons (Fsp3) is 0.500. The van der Waals surface area contributed by atoms with Gasteiger partial charge in [-0.2, -0.15) is 5.10 Å². The van der Waals surface area contributed by atoms with Gasteiger partial charge >= 0.3 is 0 Å². The zero-order valence-electron chi connectivity index (χ0n) is 11.5. The predicted octanol–water partition coefficient (Wildman–Crippen LogP) is 0.136. The lowest BCUT2D eigenvalue weighted by Gasteiger charge is -2.42. The first-order chi connectivity index (χ1) is 10.1. The highest BCUT2D eigenvalue weighted by Crippen LogP contribution is 2.40. The second-order valence-corrected chi connectivity index (χ2v) is 5.73. The maximum Gasteiger partial charge on any atom is 0.274 e. The van der Waals surface area contributed by atoms with Crippen LogP contribution in [0.1, 0.15) is 36.2 Å². The lowest BCUT2D eigenvalue weighted by atomic mass is 9.71. The predicted molar refractivity (Wildman–Crippen MR) is 72.0 cm³/mol. The highest BCUT2D eigenvalue weighted by atomic mass is 16.2. The molecule has 0 aromatic carbocycles. The number of piperidine rings is 2. The molecular formula is C14H16N4O3. The van der Waals surface area contributed by atoms with Gasteiger partial charge in [-0.1, -0.05) is 0 Å². The number of aromatic nitrogens is 2. The van der Waals surface area contributed by atoms with Gasteiger partial charge in [-0.05, 0) is 30.4 Å². The highest BCUT2D eigenvalue weighted by Gasteiger charge is 2.42. The molecule has 3 rings (SSSR count). The Bertz CT molecular complexity index is 561. The van der Waals surface area contributed by atoms with Crippen molar-refractivity contribution in [1.82, 2.24) is 20.4 Å². The smallest absolute Gasteiger partial charge is 0.274 e. The van der Waals surface area contributed by atoms with Crippen molar-refractivity contribution < 1.29 is 14.4 Å². The SMILES string of the molecule is O=C1CC2(CCN(C(=O)c3cccnn3)CC2)CC(=O)N1. The van der Waals surface area contributed by atoms with Gasteiger partial charge < -0.3 is 4.90 Å². The number of rotatable bonds is 1. The second kappa shape index (κ2) is 5.23. The van der Waals surface area contributed by atoms with Gasteiger partial charge in [0.05, 0.1) is 0 Å². The first-order valence-corrected chi connectivity index (χ1v) is 6.98. The van der Waals surface area contributed by atoms with E-state index in [1.165, 1.54) is 6.20 Å². The topological polar surface area (TPSA) is 92.3 Å². The Morgan fingerprint density at radius 3 is 2.43 bits per heavy atom. The van der Waals surface area contributed by atoms with Crippen LogP contribution in [0.2, 0.25) is 0 Å². The molecule has 0 saturated carbocycles. The van der Waals surface area contributed by atoms with Crippen molar-refractivity contribution in [2.75, 3.05) is 13.1 Å². The van der Waals surface area contributed by atoms with Crippen LogP contribution in [-0.2, 0) is 9.59 Å². The summed E-state index contributed by atoms with van der Waals surface area (Å²) in [4.78, 5) is 37.1. The van der Waals surface area contributed by atoms with E-state index in [1.54, 1.807) is 17.0 Å². The van der Waals surface area contributed by atoms with Gasteiger partial charge in [-0.25, -0.2) is 0 Å². The van der Waals surface area contributed by atoms with Crippen molar-refractivity contribution in [3.05, 3.63) is 24.0 Å².